The van der Waals surface area contributed by atoms with Crippen molar-refractivity contribution in [3.8, 4) is 0 Å². The van der Waals surface area contributed by atoms with Crippen LogP contribution in [0.4, 0.5) is 13.2 Å². The van der Waals surface area contributed by atoms with Crippen molar-refractivity contribution in [1.29, 1.82) is 0 Å². The van der Waals surface area contributed by atoms with Gasteiger partial charge in [-0.05, 0) is 32.9 Å². The third-order valence-corrected chi connectivity index (χ3v) is 3.35. The first-order valence-corrected chi connectivity index (χ1v) is 5.93. The Hall–Kier alpha value is -0.290. The summed E-state index contributed by atoms with van der Waals surface area (Å²) in [5.41, 5.74) is 0. The van der Waals surface area contributed by atoms with Crippen LogP contribution in [0, 0.1) is 5.92 Å². The van der Waals surface area contributed by atoms with Gasteiger partial charge in [0.1, 0.15) is 0 Å². The highest BCUT2D eigenvalue weighted by Crippen LogP contribution is 2.33. The molecule has 0 aromatic carbocycles. The van der Waals surface area contributed by atoms with Crippen molar-refractivity contribution in [2.75, 3.05) is 26.7 Å². The molecule has 1 saturated heterocycles. The molecule has 2 unspecified atom stereocenters. The third kappa shape index (κ3) is 3.94. The largest absolute Gasteiger partial charge is 0.393 e. The van der Waals surface area contributed by atoms with Gasteiger partial charge in [-0.3, -0.25) is 0 Å². The second kappa shape index (κ2) is 5.87. The summed E-state index contributed by atoms with van der Waals surface area (Å²) in [6.45, 7) is 3.73. The number of nitrogens with one attached hydrogen (secondary N) is 1. The van der Waals surface area contributed by atoms with Gasteiger partial charge in [-0.2, -0.15) is 13.2 Å². The quantitative estimate of drug-likeness (QED) is 0.808. The van der Waals surface area contributed by atoms with Crippen LogP contribution in [0.15, 0.2) is 0 Å². The van der Waals surface area contributed by atoms with E-state index in [1.165, 1.54) is 0 Å². The molecule has 1 rings (SSSR count). The minimum Gasteiger partial charge on any atom is -0.316 e. The Kier molecular flexibility index (Phi) is 5.05. The Morgan fingerprint density at radius 3 is 2.62 bits per heavy atom. The highest BCUT2D eigenvalue weighted by atomic mass is 19.4. The Morgan fingerprint density at radius 1 is 1.44 bits per heavy atom. The number of rotatable bonds is 4. The van der Waals surface area contributed by atoms with Crippen LogP contribution in [0.3, 0.4) is 0 Å². The van der Waals surface area contributed by atoms with Gasteiger partial charge in [0, 0.05) is 19.1 Å². The van der Waals surface area contributed by atoms with Crippen LogP contribution in [-0.2, 0) is 0 Å². The second-order valence-corrected chi connectivity index (χ2v) is 4.53. The number of piperidine rings is 1. The molecule has 1 heterocycles. The van der Waals surface area contributed by atoms with Crippen molar-refractivity contribution in [3.05, 3.63) is 0 Å². The molecule has 5 heteroatoms. The van der Waals surface area contributed by atoms with Gasteiger partial charge < -0.3 is 10.2 Å². The van der Waals surface area contributed by atoms with Gasteiger partial charge >= 0.3 is 6.18 Å². The molecular formula is C11H21F3N2. The number of hydrogen-bond donors (Lipinski definition) is 1. The smallest absolute Gasteiger partial charge is 0.316 e. The van der Waals surface area contributed by atoms with Crippen LogP contribution in [-0.4, -0.2) is 43.8 Å². The van der Waals surface area contributed by atoms with Gasteiger partial charge in [-0.25, -0.2) is 0 Å². The van der Waals surface area contributed by atoms with Gasteiger partial charge in [0.25, 0.3) is 0 Å². The van der Waals surface area contributed by atoms with E-state index in [2.05, 4.69) is 5.32 Å². The Balaban J connectivity index is 2.44. The number of likely N-dealkylation sites (tertiary alicyclic amines) is 1. The minimum atomic E-state index is -4.03. The Morgan fingerprint density at radius 2 is 2.12 bits per heavy atom. The van der Waals surface area contributed by atoms with Crippen LogP contribution >= 0.6 is 0 Å². The van der Waals surface area contributed by atoms with Crippen LogP contribution in [0.1, 0.15) is 26.2 Å². The van der Waals surface area contributed by atoms with Crippen molar-refractivity contribution < 1.29 is 13.2 Å². The summed E-state index contributed by atoms with van der Waals surface area (Å²) in [4.78, 5) is 1.94. The zero-order valence-electron chi connectivity index (χ0n) is 9.98. The van der Waals surface area contributed by atoms with Crippen molar-refractivity contribution in [2.45, 2.75) is 38.4 Å². The summed E-state index contributed by atoms with van der Waals surface area (Å²) in [5, 5.41) is 3.13. The predicted molar refractivity (Wildman–Crippen MR) is 58.4 cm³/mol. The fourth-order valence-corrected chi connectivity index (χ4v) is 2.22. The first-order chi connectivity index (χ1) is 7.47. The van der Waals surface area contributed by atoms with Crippen LogP contribution in [0.25, 0.3) is 0 Å². The monoisotopic (exact) mass is 238 g/mol. The van der Waals surface area contributed by atoms with Crippen molar-refractivity contribution >= 4 is 0 Å². The lowest BCUT2D eigenvalue weighted by atomic mass is 9.97. The summed E-state index contributed by atoms with van der Waals surface area (Å²) >= 11 is 0. The molecule has 0 aromatic rings. The van der Waals surface area contributed by atoms with Crippen molar-refractivity contribution in [3.63, 3.8) is 0 Å². The first-order valence-electron chi connectivity index (χ1n) is 5.93. The maximum Gasteiger partial charge on any atom is 0.393 e. The average Bonchev–Trinajstić information content (AvgIpc) is 2.25. The van der Waals surface area contributed by atoms with E-state index in [4.69, 9.17) is 0 Å². The molecule has 2 atom stereocenters. The molecule has 1 N–H and O–H groups in total. The summed E-state index contributed by atoms with van der Waals surface area (Å²) in [5.74, 6) is -1.13. The average molecular weight is 238 g/mol. The number of nitrogens with zero attached hydrogens (tertiary/aromatic N) is 1. The fraction of sp³-hybridized carbons (Fsp3) is 1.00. The molecule has 1 fully saturated rings. The maximum atomic E-state index is 12.6. The van der Waals surface area contributed by atoms with E-state index in [1.54, 1.807) is 0 Å². The normalized spacial score (nSPS) is 25.7. The van der Waals surface area contributed by atoms with Crippen LogP contribution in [0.2, 0.25) is 0 Å². The van der Waals surface area contributed by atoms with Crippen molar-refractivity contribution in [2.24, 2.45) is 5.92 Å². The summed E-state index contributed by atoms with van der Waals surface area (Å²) in [6, 6.07) is 0.298. The van der Waals surface area contributed by atoms with Gasteiger partial charge in [0.15, 0.2) is 0 Å². The lowest BCUT2D eigenvalue weighted by Gasteiger charge is -2.35. The molecule has 0 spiro atoms. The topological polar surface area (TPSA) is 15.3 Å². The summed E-state index contributed by atoms with van der Waals surface area (Å²) in [6.07, 6.45) is -2.13. The Bertz CT molecular complexity index is 202. The molecule has 16 heavy (non-hydrogen) atoms. The molecule has 0 saturated carbocycles. The number of likely N-dealkylation sites (N-methyl/N-ethyl adjacent to an activating group) is 1. The predicted octanol–water partition coefficient (Wildman–Crippen LogP) is 2.26. The molecule has 96 valence electrons. The zero-order chi connectivity index (χ0) is 12.2. The summed E-state index contributed by atoms with van der Waals surface area (Å²) in [7, 11) is 1.86. The lowest BCUT2D eigenvalue weighted by molar-refractivity contribution is -0.186. The molecule has 0 aliphatic carbocycles. The van der Waals surface area contributed by atoms with Gasteiger partial charge in [-0.1, -0.05) is 6.92 Å². The van der Waals surface area contributed by atoms with Gasteiger partial charge in [-0.15, -0.1) is 0 Å². The number of alkyl halides is 3. The molecule has 1 aliphatic rings. The molecule has 2 nitrogen and oxygen atoms in total. The molecule has 0 aromatic heterocycles. The fourth-order valence-electron chi connectivity index (χ4n) is 2.22. The third-order valence-electron chi connectivity index (χ3n) is 3.35. The molecular weight excluding hydrogens is 217 g/mol. The lowest BCUT2D eigenvalue weighted by Crippen LogP contribution is -2.46. The van der Waals surface area contributed by atoms with Crippen molar-refractivity contribution in [1.82, 2.24) is 10.2 Å². The second-order valence-electron chi connectivity index (χ2n) is 4.53. The van der Waals surface area contributed by atoms with Gasteiger partial charge in [0.05, 0.1) is 5.92 Å². The van der Waals surface area contributed by atoms with E-state index < -0.39 is 12.1 Å². The standard InChI is InChI=1S/C11H21F3N2/c1-3-10(15-2)8-16-6-4-5-9(7-16)11(12,13)14/h9-10,15H,3-8H2,1-2H3. The zero-order valence-corrected chi connectivity index (χ0v) is 9.98. The first kappa shape index (κ1) is 13.8. The van der Waals surface area contributed by atoms with Crippen LogP contribution < -0.4 is 5.32 Å². The molecule has 0 radical (unpaired) electrons. The SMILES string of the molecule is CCC(CN1CCCC(C(F)(F)F)C1)NC. The van der Waals surface area contributed by atoms with E-state index in [1.807, 2.05) is 18.9 Å². The van der Waals surface area contributed by atoms with Crippen LogP contribution in [0.5, 0.6) is 0 Å². The number of halogens is 3. The Labute approximate surface area is 95.2 Å². The van der Waals surface area contributed by atoms with E-state index in [0.717, 1.165) is 19.5 Å². The molecule has 0 amide bonds. The minimum absolute atomic E-state index is 0.168. The molecule has 0 bridgehead atoms. The maximum absolute atomic E-state index is 12.6. The summed E-state index contributed by atoms with van der Waals surface area (Å²) < 4.78 is 37.7. The number of hydrogen-bond acceptors (Lipinski definition) is 2. The van der Waals surface area contributed by atoms with E-state index in [0.29, 0.717) is 12.5 Å². The molecule has 1 aliphatic heterocycles. The highest BCUT2D eigenvalue weighted by molar-refractivity contribution is 4.80. The van der Waals surface area contributed by atoms with Gasteiger partial charge in [0.2, 0.25) is 0 Å². The van der Waals surface area contributed by atoms with E-state index >= 15 is 0 Å². The van der Waals surface area contributed by atoms with E-state index in [-0.39, 0.29) is 13.0 Å². The van der Waals surface area contributed by atoms with E-state index in [9.17, 15) is 13.2 Å². The highest BCUT2D eigenvalue weighted by Gasteiger charge is 2.41.